The molecule has 1 amide bonds. The van der Waals surface area contributed by atoms with Crippen molar-refractivity contribution in [3.8, 4) is 0 Å². The van der Waals surface area contributed by atoms with Gasteiger partial charge in [0.25, 0.3) is 0 Å². The predicted octanol–water partition coefficient (Wildman–Crippen LogP) is 4.40. The highest BCUT2D eigenvalue weighted by molar-refractivity contribution is 8.00. The Morgan fingerprint density at radius 1 is 1.24 bits per heavy atom. The van der Waals surface area contributed by atoms with Gasteiger partial charge in [-0.3, -0.25) is 4.79 Å². The Balaban J connectivity index is 1.67. The molecular formula is C18H25NOS. The molecular weight excluding hydrogens is 278 g/mol. The average molecular weight is 303 g/mol. The van der Waals surface area contributed by atoms with Gasteiger partial charge in [0.1, 0.15) is 0 Å². The second kappa shape index (κ2) is 8.28. The Morgan fingerprint density at radius 2 is 2.10 bits per heavy atom. The molecule has 1 N–H and O–H groups in total. The van der Waals surface area contributed by atoms with Gasteiger partial charge in [-0.2, -0.15) is 0 Å². The summed E-state index contributed by atoms with van der Waals surface area (Å²) in [6.45, 7) is 4.99. The van der Waals surface area contributed by atoms with Crippen LogP contribution in [0.3, 0.4) is 0 Å². The average Bonchev–Trinajstić information content (AvgIpc) is 2.49. The van der Waals surface area contributed by atoms with Gasteiger partial charge >= 0.3 is 0 Å². The maximum absolute atomic E-state index is 11.9. The van der Waals surface area contributed by atoms with Crippen LogP contribution in [-0.4, -0.2) is 18.2 Å². The first kappa shape index (κ1) is 16.2. The van der Waals surface area contributed by atoms with Crippen molar-refractivity contribution >= 4 is 17.7 Å². The van der Waals surface area contributed by atoms with Gasteiger partial charge in [0, 0.05) is 11.4 Å². The molecule has 3 heteroatoms. The number of allylic oxidation sites excluding steroid dienone is 1. The van der Waals surface area contributed by atoms with Crippen molar-refractivity contribution in [3.05, 3.63) is 41.0 Å². The molecule has 0 unspecified atom stereocenters. The van der Waals surface area contributed by atoms with E-state index in [1.165, 1.54) is 47.3 Å². The lowest BCUT2D eigenvalue weighted by atomic mass is 9.97. The third kappa shape index (κ3) is 5.58. The van der Waals surface area contributed by atoms with Gasteiger partial charge in [-0.1, -0.05) is 17.7 Å². The number of aryl methyl sites for hydroxylation is 2. The highest BCUT2D eigenvalue weighted by Crippen LogP contribution is 2.21. The van der Waals surface area contributed by atoms with Crippen LogP contribution >= 0.6 is 11.8 Å². The lowest BCUT2D eigenvalue weighted by molar-refractivity contribution is -0.118. The molecule has 0 radical (unpaired) electrons. The second-order valence-corrected chi connectivity index (χ2v) is 6.79. The molecule has 1 aromatic carbocycles. The normalized spacial score (nSPS) is 14.7. The largest absolute Gasteiger partial charge is 0.355 e. The quantitative estimate of drug-likeness (QED) is 0.623. The van der Waals surface area contributed by atoms with E-state index in [1.807, 2.05) is 0 Å². The topological polar surface area (TPSA) is 29.1 Å². The number of hydrogen-bond donors (Lipinski definition) is 1. The lowest BCUT2D eigenvalue weighted by Crippen LogP contribution is -2.26. The Bertz CT molecular complexity index is 522. The Labute approximate surface area is 132 Å². The first-order chi connectivity index (χ1) is 10.1. The summed E-state index contributed by atoms with van der Waals surface area (Å²) >= 11 is 1.61. The summed E-state index contributed by atoms with van der Waals surface area (Å²) in [4.78, 5) is 13.0. The predicted molar refractivity (Wildman–Crippen MR) is 90.8 cm³/mol. The van der Waals surface area contributed by atoms with Crippen LogP contribution in [0.4, 0.5) is 0 Å². The standard InChI is InChI=1S/C18H25NOS/c1-14-8-9-17(12-15(14)2)21-13-18(20)19-11-10-16-6-4-3-5-7-16/h6,8-9,12H,3-5,7,10-11,13H2,1-2H3,(H,19,20). The van der Waals surface area contributed by atoms with Crippen LogP contribution in [0, 0.1) is 13.8 Å². The van der Waals surface area contributed by atoms with Gasteiger partial charge in [0.05, 0.1) is 5.75 Å². The van der Waals surface area contributed by atoms with Crippen LogP contribution in [0.1, 0.15) is 43.2 Å². The highest BCUT2D eigenvalue weighted by atomic mass is 32.2. The third-order valence-corrected chi connectivity index (χ3v) is 5.00. The minimum atomic E-state index is 0.134. The molecule has 0 aliphatic heterocycles. The monoisotopic (exact) mass is 303 g/mol. The molecule has 2 nitrogen and oxygen atoms in total. The van der Waals surface area contributed by atoms with Gasteiger partial charge in [0.2, 0.25) is 5.91 Å². The zero-order chi connectivity index (χ0) is 15.1. The molecule has 0 bridgehead atoms. The molecule has 0 fully saturated rings. The van der Waals surface area contributed by atoms with Crippen molar-refractivity contribution in [3.63, 3.8) is 0 Å². The maximum Gasteiger partial charge on any atom is 0.230 e. The van der Waals surface area contributed by atoms with Crippen LogP contribution in [0.2, 0.25) is 0 Å². The van der Waals surface area contributed by atoms with E-state index in [0.29, 0.717) is 5.75 Å². The number of nitrogens with one attached hydrogen (secondary N) is 1. The van der Waals surface area contributed by atoms with Crippen molar-refractivity contribution in [1.82, 2.24) is 5.32 Å². The lowest BCUT2D eigenvalue weighted by Gasteiger charge is -2.13. The molecule has 0 saturated carbocycles. The highest BCUT2D eigenvalue weighted by Gasteiger charge is 2.06. The molecule has 1 aliphatic carbocycles. The zero-order valence-corrected chi connectivity index (χ0v) is 13.9. The van der Waals surface area contributed by atoms with Crippen molar-refractivity contribution in [1.29, 1.82) is 0 Å². The van der Waals surface area contributed by atoms with Gasteiger partial charge in [-0.15, -0.1) is 11.8 Å². The summed E-state index contributed by atoms with van der Waals surface area (Å²) in [5.74, 6) is 0.635. The van der Waals surface area contributed by atoms with Crippen molar-refractivity contribution in [2.24, 2.45) is 0 Å². The Kier molecular flexibility index (Phi) is 6.37. The number of amides is 1. The van der Waals surface area contributed by atoms with E-state index in [9.17, 15) is 4.79 Å². The molecule has 2 rings (SSSR count). The smallest absolute Gasteiger partial charge is 0.230 e. The summed E-state index contributed by atoms with van der Waals surface area (Å²) in [6.07, 6.45) is 8.42. The fraction of sp³-hybridized carbons (Fsp3) is 0.500. The number of thioether (sulfide) groups is 1. The molecule has 0 spiro atoms. The number of hydrogen-bond acceptors (Lipinski definition) is 2. The maximum atomic E-state index is 11.9. The van der Waals surface area contributed by atoms with Crippen LogP contribution in [0.25, 0.3) is 0 Å². The van der Waals surface area contributed by atoms with Gasteiger partial charge < -0.3 is 5.32 Å². The van der Waals surface area contributed by atoms with Gasteiger partial charge in [-0.25, -0.2) is 0 Å². The minimum Gasteiger partial charge on any atom is -0.355 e. The van der Waals surface area contributed by atoms with Crippen LogP contribution < -0.4 is 5.32 Å². The molecule has 21 heavy (non-hydrogen) atoms. The Hall–Kier alpha value is -1.22. The van der Waals surface area contributed by atoms with Crippen molar-refractivity contribution in [2.45, 2.75) is 50.8 Å². The van der Waals surface area contributed by atoms with Crippen LogP contribution in [-0.2, 0) is 4.79 Å². The molecule has 1 aromatic rings. The number of carbonyl (C=O) groups excluding carboxylic acids is 1. The van der Waals surface area contributed by atoms with E-state index in [4.69, 9.17) is 0 Å². The molecule has 0 saturated heterocycles. The van der Waals surface area contributed by atoms with Gasteiger partial charge in [-0.05, 0) is 69.2 Å². The van der Waals surface area contributed by atoms with Crippen LogP contribution in [0.15, 0.2) is 34.7 Å². The van der Waals surface area contributed by atoms with E-state index in [0.717, 1.165) is 13.0 Å². The number of rotatable bonds is 6. The molecule has 0 heterocycles. The van der Waals surface area contributed by atoms with E-state index < -0.39 is 0 Å². The summed E-state index contributed by atoms with van der Waals surface area (Å²) in [5.41, 5.74) is 4.09. The van der Waals surface area contributed by atoms with E-state index in [2.05, 4.69) is 43.4 Å². The summed E-state index contributed by atoms with van der Waals surface area (Å²) in [7, 11) is 0. The zero-order valence-electron chi connectivity index (χ0n) is 13.1. The second-order valence-electron chi connectivity index (χ2n) is 5.74. The van der Waals surface area contributed by atoms with E-state index in [-0.39, 0.29) is 5.91 Å². The molecule has 0 aromatic heterocycles. The molecule has 0 atom stereocenters. The van der Waals surface area contributed by atoms with Crippen molar-refractivity contribution in [2.75, 3.05) is 12.3 Å². The summed E-state index contributed by atoms with van der Waals surface area (Å²) in [5, 5.41) is 3.03. The first-order valence-electron chi connectivity index (χ1n) is 7.80. The van der Waals surface area contributed by atoms with Crippen LogP contribution in [0.5, 0.6) is 0 Å². The number of benzene rings is 1. The fourth-order valence-corrected chi connectivity index (χ4v) is 3.32. The van der Waals surface area contributed by atoms with Gasteiger partial charge in [0.15, 0.2) is 0 Å². The summed E-state index contributed by atoms with van der Waals surface area (Å²) in [6, 6.07) is 6.36. The van der Waals surface area contributed by atoms with Crippen molar-refractivity contribution < 1.29 is 4.79 Å². The summed E-state index contributed by atoms with van der Waals surface area (Å²) < 4.78 is 0. The first-order valence-corrected chi connectivity index (χ1v) is 8.78. The molecule has 114 valence electrons. The van der Waals surface area contributed by atoms with E-state index >= 15 is 0 Å². The fourth-order valence-electron chi connectivity index (χ4n) is 2.50. The van der Waals surface area contributed by atoms with E-state index in [1.54, 1.807) is 11.8 Å². The minimum absolute atomic E-state index is 0.134. The number of carbonyl (C=O) groups is 1. The third-order valence-electron chi connectivity index (χ3n) is 4.00. The Morgan fingerprint density at radius 3 is 2.81 bits per heavy atom. The molecule has 1 aliphatic rings. The SMILES string of the molecule is Cc1ccc(SCC(=O)NCCC2=CCCCC2)cc1C.